The molecule has 3 aromatic carbocycles. The minimum Gasteiger partial charge on any atom is -0.352 e. The predicted molar refractivity (Wildman–Crippen MR) is 144 cm³/mol. The van der Waals surface area contributed by atoms with Gasteiger partial charge in [-0.1, -0.05) is 84.9 Å². The molecule has 2 heterocycles. The van der Waals surface area contributed by atoms with Crippen LogP contribution in [0.5, 0.6) is 0 Å². The minimum absolute atomic E-state index is 0.0595. The molecule has 0 saturated carbocycles. The fourth-order valence-electron chi connectivity index (χ4n) is 4.10. The Morgan fingerprint density at radius 1 is 0.889 bits per heavy atom. The van der Waals surface area contributed by atoms with Crippen molar-refractivity contribution in [3.63, 3.8) is 0 Å². The van der Waals surface area contributed by atoms with E-state index in [1.807, 2.05) is 97.2 Å². The van der Waals surface area contributed by atoms with Gasteiger partial charge in [-0.15, -0.1) is 11.3 Å². The summed E-state index contributed by atoms with van der Waals surface area (Å²) in [5.41, 5.74) is 5.31. The van der Waals surface area contributed by atoms with Crippen LogP contribution in [0.15, 0.2) is 95.1 Å². The van der Waals surface area contributed by atoms with Gasteiger partial charge >= 0.3 is 0 Å². The zero-order chi connectivity index (χ0) is 24.9. The van der Waals surface area contributed by atoms with E-state index in [0.717, 1.165) is 33.0 Å². The molecule has 7 heteroatoms. The number of amides is 1. The molecule has 2 aromatic heterocycles. The lowest BCUT2D eigenvalue weighted by Crippen LogP contribution is -2.32. The van der Waals surface area contributed by atoms with Crippen molar-refractivity contribution in [1.82, 2.24) is 20.5 Å². The molecule has 178 valence electrons. The van der Waals surface area contributed by atoms with Crippen molar-refractivity contribution in [2.24, 2.45) is 0 Å². The molecule has 5 aromatic rings. The van der Waals surface area contributed by atoms with Gasteiger partial charge in [0.05, 0.1) is 16.4 Å². The number of H-pyrrole nitrogens is 1. The molecule has 2 N–H and O–H groups in total. The van der Waals surface area contributed by atoms with Gasteiger partial charge in [0.1, 0.15) is 5.56 Å². The first kappa shape index (κ1) is 23.4. The molecule has 0 atom stereocenters. The number of hydrogen-bond donors (Lipinski definition) is 2. The Hall–Kier alpha value is -4.36. The third kappa shape index (κ3) is 5.01. The average Bonchev–Trinajstić information content (AvgIpc) is 3.36. The van der Waals surface area contributed by atoms with Crippen LogP contribution in [0.4, 0.5) is 0 Å². The number of thiazole rings is 1. The number of carbonyl (C=O) groups is 1. The first-order valence-corrected chi connectivity index (χ1v) is 12.5. The number of nitrogens with zero attached hydrogens (tertiary/aromatic N) is 2. The molecule has 0 unspecified atom stereocenters. The second-order valence-corrected chi connectivity index (χ2v) is 9.40. The number of carbonyl (C=O) groups excluding carboxylic acids is 1. The lowest BCUT2D eigenvalue weighted by atomic mass is 9.95. The van der Waals surface area contributed by atoms with Gasteiger partial charge in [-0.25, -0.2) is 10.1 Å². The van der Waals surface area contributed by atoms with E-state index in [4.69, 9.17) is 0 Å². The summed E-state index contributed by atoms with van der Waals surface area (Å²) in [5, 5.41) is 12.8. The zero-order valence-corrected chi connectivity index (χ0v) is 20.5. The topological polar surface area (TPSA) is 87.7 Å². The normalized spacial score (nSPS) is 10.8. The van der Waals surface area contributed by atoms with Gasteiger partial charge in [-0.2, -0.15) is 5.10 Å². The van der Waals surface area contributed by atoms with Gasteiger partial charge in [-0.05, 0) is 24.5 Å². The maximum Gasteiger partial charge on any atom is 0.277 e. The summed E-state index contributed by atoms with van der Waals surface area (Å²) >= 11 is 1.63. The highest BCUT2D eigenvalue weighted by Gasteiger charge is 2.22. The number of rotatable bonds is 7. The Kier molecular flexibility index (Phi) is 6.82. The molecular weight excluding hydrogens is 468 g/mol. The summed E-state index contributed by atoms with van der Waals surface area (Å²) in [6.45, 7) is 2.38. The minimum atomic E-state index is -0.519. The van der Waals surface area contributed by atoms with Crippen LogP contribution in [0.25, 0.3) is 33.6 Å². The Labute approximate surface area is 212 Å². The summed E-state index contributed by atoms with van der Waals surface area (Å²) in [4.78, 5) is 30.7. The highest BCUT2D eigenvalue weighted by molar-refractivity contribution is 7.09. The highest BCUT2D eigenvalue weighted by atomic mass is 32.1. The number of nitrogens with one attached hydrogen (secondary N) is 2. The van der Waals surface area contributed by atoms with Crippen molar-refractivity contribution in [2.75, 3.05) is 6.54 Å². The number of aryl methyl sites for hydroxylation is 1. The van der Waals surface area contributed by atoms with Crippen LogP contribution in [0.3, 0.4) is 0 Å². The third-order valence-corrected chi connectivity index (χ3v) is 6.66. The van der Waals surface area contributed by atoms with Crippen LogP contribution >= 0.6 is 11.3 Å². The van der Waals surface area contributed by atoms with Gasteiger partial charge in [-0.3, -0.25) is 9.59 Å². The number of benzene rings is 3. The Balaban J connectivity index is 1.38. The van der Waals surface area contributed by atoms with Crippen molar-refractivity contribution in [3.8, 4) is 33.6 Å². The average molecular weight is 493 g/mol. The lowest BCUT2D eigenvalue weighted by Gasteiger charge is -2.14. The molecule has 0 fully saturated rings. The standard InChI is InChI=1S/C29H24N4O2S/c1-19-31-24(18-36-19)21-14-12-20(13-15-21)16-17-30-28(34)26-25(22-8-4-2-5-9-22)27(32-33-29(26)35)23-10-6-3-7-11-23/h2-15,18H,16-17H2,1H3,(H,30,34)(H,33,35). The third-order valence-electron chi connectivity index (χ3n) is 5.89. The van der Waals surface area contributed by atoms with Gasteiger partial charge < -0.3 is 5.32 Å². The fourth-order valence-corrected chi connectivity index (χ4v) is 4.73. The number of aromatic amines is 1. The SMILES string of the molecule is Cc1nc(-c2ccc(CCNC(=O)c3c(-c4ccccc4)c(-c4ccccc4)n[nH]c3=O)cc2)cs1. The van der Waals surface area contributed by atoms with E-state index in [1.54, 1.807) is 11.3 Å². The molecule has 0 aliphatic carbocycles. The maximum atomic E-state index is 13.3. The quantitative estimate of drug-likeness (QED) is 0.314. The summed E-state index contributed by atoms with van der Waals surface area (Å²) in [6.07, 6.45) is 0.636. The Morgan fingerprint density at radius 2 is 1.56 bits per heavy atom. The summed E-state index contributed by atoms with van der Waals surface area (Å²) in [6, 6.07) is 27.1. The van der Waals surface area contributed by atoms with Crippen molar-refractivity contribution in [1.29, 1.82) is 0 Å². The van der Waals surface area contributed by atoms with Crippen LogP contribution in [0, 0.1) is 6.92 Å². The van der Waals surface area contributed by atoms with Gasteiger partial charge in [0.25, 0.3) is 11.5 Å². The molecule has 6 nitrogen and oxygen atoms in total. The second kappa shape index (κ2) is 10.5. The molecule has 0 radical (unpaired) electrons. The van der Waals surface area contributed by atoms with E-state index in [0.29, 0.717) is 24.2 Å². The molecule has 5 rings (SSSR count). The molecule has 36 heavy (non-hydrogen) atoms. The van der Waals surface area contributed by atoms with Crippen LogP contribution < -0.4 is 10.9 Å². The molecule has 0 aliphatic heterocycles. The summed E-state index contributed by atoms with van der Waals surface area (Å²) in [5.74, 6) is -0.427. The van der Waals surface area contributed by atoms with E-state index >= 15 is 0 Å². The largest absolute Gasteiger partial charge is 0.352 e. The van der Waals surface area contributed by atoms with Crippen molar-refractivity contribution in [2.45, 2.75) is 13.3 Å². The van der Waals surface area contributed by atoms with E-state index in [2.05, 4.69) is 20.5 Å². The van der Waals surface area contributed by atoms with Gasteiger partial charge in [0.15, 0.2) is 0 Å². The Bertz CT molecular complexity index is 1540. The fraction of sp³-hybridized carbons (Fsp3) is 0.103. The molecule has 1 amide bonds. The van der Waals surface area contributed by atoms with E-state index in [-0.39, 0.29) is 5.56 Å². The number of hydrogen-bond acceptors (Lipinski definition) is 5. The number of aromatic nitrogens is 3. The van der Waals surface area contributed by atoms with Crippen LogP contribution in [0.1, 0.15) is 20.9 Å². The second-order valence-electron chi connectivity index (χ2n) is 8.34. The zero-order valence-electron chi connectivity index (χ0n) is 19.7. The first-order valence-electron chi connectivity index (χ1n) is 11.6. The highest BCUT2D eigenvalue weighted by Crippen LogP contribution is 2.31. The molecule has 0 saturated heterocycles. The van der Waals surface area contributed by atoms with Gasteiger partial charge in [0, 0.05) is 28.6 Å². The van der Waals surface area contributed by atoms with Crippen LogP contribution in [0.2, 0.25) is 0 Å². The van der Waals surface area contributed by atoms with E-state index < -0.39 is 11.5 Å². The molecule has 0 bridgehead atoms. The van der Waals surface area contributed by atoms with E-state index in [9.17, 15) is 9.59 Å². The molecule has 0 spiro atoms. The lowest BCUT2D eigenvalue weighted by molar-refractivity contribution is 0.0953. The monoisotopic (exact) mass is 492 g/mol. The van der Waals surface area contributed by atoms with Gasteiger partial charge in [0.2, 0.25) is 0 Å². The van der Waals surface area contributed by atoms with E-state index in [1.165, 1.54) is 0 Å². The smallest absolute Gasteiger partial charge is 0.277 e. The van der Waals surface area contributed by atoms with Crippen molar-refractivity contribution in [3.05, 3.63) is 117 Å². The predicted octanol–water partition coefficient (Wildman–Crippen LogP) is 5.51. The maximum absolute atomic E-state index is 13.3. The van der Waals surface area contributed by atoms with Crippen LogP contribution in [-0.2, 0) is 6.42 Å². The first-order chi connectivity index (χ1) is 17.6. The molecular formula is C29H24N4O2S. The van der Waals surface area contributed by atoms with Crippen molar-refractivity contribution < 1.29 is 4.79 Å². The van der Waals surface area contributed by atoms with Crippen LogP contribution in [-0.4, -0.2) is 27.6 Å². The molecule has 0 aliphatic rings. The Morgan fingerprint density at radius 3 is 2.19 bits per heavy atom. The summed E-state index contributed by atoms with van der Waals surface area (Å²) in [7, 11) is 0. The van der Waals surface area contributed by atoms with Crippen molar-refractivity contribution >= 4 is 17.2 Å². The summed E-state index contributed by atoms with van der Waals surface area (Å²) < 4.78 is 0.